The normalized spacial score (nSPS) is 15.9. The number of anilines is 1. The van der Waals surface area contributed by atoms with Crippen LogP contribution in [0, 0.1) is 5.92 Å². The monoisotopic (exact) mass is 397 g/mol. The predicted molar refractivity (Wildman–Crippen MR) is 107 cm³/mol. The SMILES string of the molecule is COC(=O)c1c(NC(=O)c2cc3ccccc3c(=O)o2)sc2c1CC[C@H](C)C2. The van der Waals surface area contributed by atoms with Crippen molar-refractivity contribution in [3.05, 3.63) is 62.5 Å². The zero-order valence-electron chi connectivity index (χ0n) is 15.5. The highest BCUT2D eigenvalue weighted by atomic mass is 32.1. The maximum atomic E-state index is 12.8. The van der Waals surface area contributed by atoms with Crippen molar-refractivity contribution in [1.82, 2.24) is 0 Å². The van der Waals surface area contributed by atoms with Crippen LogP contribution < -0.4 is 10.9 Å². The minimum absolute atomic E-state index is 0.0979. The molecule has 0 fully saturated rings. The average Bonchev–Trinajstić information content (AvgIpc) is 3.04. The number of amides is 1. The summed E-state index contributed by atoms with van der Waals surface area (Å²) in [5.74, 6) is -0.611. The molecule has 1 aliphatic carbocycles. The van der Waals surface area contributed by atoms with Gasteiger partial charge in [-0.15, -0.1) is 11.3 Å². The van der Waals surface area contributed by atoms with E-state index in [0.717, 1.165) is 29.7 Å². The summed E-state index contributed by atoms with van der Waals surface area (Å²) in [4.78, 5) is 38.4. The number of nitrogens with one attached hydrogen (secondary N) is 1. The van der Waals surface area contributed by atoms with E-state index in [2.05, 4.69) is 12.2 Å². The van der Waals surface area contributed by atoms with Crippen LogP contribution in [0.25, 0.3) is 10.8 Å². The summed E-state index contributed by atoms with van der Waals surface area (Å²) in [5, 5.41) is 4.22. The number of carbonyl (C=O) groups is 2. The molecule has 2 aromatic heterocycles. The van der Waals surface area contributed by atoms with E-state index < -0.39 is 17.5 Å². The maximum Gasteiger partial charge on any atom is 0.344 e. The Kier molecular flexibility index (Phi) is 4.77. The van der Waals surface area contributed by atoms with Crippen molar-refractivity contribution in [1.29, 1.82) is 0 Å². The lowest BCUT2D eigenvalue weighted by Gasteiger charge is -2.18. The highest BCUT2D eigenvalue weighted by Crippen LogP contribution is 2.40. The molecule has 6 nitrogen and oxygen atoms in total. The van der Waals surface area contributed by atoms with E-state index in [0.29, 0.717) is 27.3 Å². The largest absolute Gasteiger partial charge is 0.465 e. The Morgan fingerprint density at radius 1 is 1.29 bits per heavy atom. The molecule has 0 radical (unpaired) electrons. The summed E-state index contributed by atoms with van der Waals surface area (Å²) in [5.41, 5.74) is 0.784. The Balaban J connectivity index is 1.72. The number of carbonyl (C=O) groups excluding carboxylic acids is 2. The molecule has 1 amide bonds. The molecule has 0 saturated heterocycles. The first-order valence-corrected chi connectivity index (χ1v) is 9.86. The van der Waals surface area contributed by atoms with Crippen molar-refractivity contribution in [2.45, 2.75) is 26.2 Å². The first kappa shape index (κ1) is 18.4. The van der Waals surface area contributed by atoms with Crippen LogP contribution in [0.3, 0.4) is 0 Å². The Morgan fingerprint density at radius 2 is 2.07 bits per heavy atom. The highest BCUT2D eigenvalue weighted by molar-refractivity contribution is 7.17. The van der Waals surface area contributed by atoms with Gasteiger partial charge in [0.2, 0.25) is 0 Å². The molecule has 0 spiro atoms. The summed E-state index contributed by atoms with van der Waals surface area (Å²) in [6, 6.07) is 8.44. The number of methoxy groups -OCH3 is 1. The molecule has 0 bridgehead atoms. The van der Waals surface area contributed by atoms with Gasteiger partial charge >= 0.3 is 11.6 Å². The summed E-state index contributed by atoms with van der Waals surface area (Å²) in [6.07, 6.45) is 2.63. The van der Waals surface area contributed by atoms with Crippen LogP contribution in [0.5, 0.6) is 0 Å². The summed E-state index contributed by atoms with van der Waals surface area (Å²) in [6.45, 7) is 2.17. The molecule has 1 aliphatic rings. The molecule has 0 unspecified atom stereocenters. The summed E-state index contributed by atoms with van der Waals surface area (Å²) < 4.78 is 10.1. The van der Waals surface area contributed by atoms with Crippen molar-refractivity contribution < 1.29 is 18.7 Å². The zero-order chi connectivity index (χ0) is 19.8. The van der Waals surface area contributed by atoms with Gasteiger partial charge in [0.25, 0.3) is 5.91 Å². The third-order valence-corrected chi connectivity index (χ3v) is 6.19. The van der Waals surface area contributed by atoms with Gasteiger partial charge in [-0.3, -0.25) is 4.79 Å². The molecular weight excluding hydrogens is 378 g/mol. The fraction of sp³-hybridized carbons (Fsp3) is 0.286. The number of rotatable bonds is 3. The van der Waals surface area contributed by atoms with Crippen LogP contribution in [0.15, 0.2) is 39.5 Å². The minimum Gasteiger partial charge on any atom is -0.465 e. The third kappa shape index (κ3) is 3.22. The van der Waals surface area contributed by atoms with Crippen LogP contribution >= 0.6 is 11.3 Å². The van der Waals surface area contributed by atoms with Crippen molar-refractivity contribution in [3.8, 4) is 0 Å². The van der Waals surface area contributed by atoms with Gasteiger partial charge in [0.1, 0.15) is 5.00 Å². The summed E-state index contributed by atoms with van der Waals surface area (Å²) >= 11 is 1.39. The minimum atomic E-state index is -0.573. The lowest BCUT2D eigenvalue weighted by atomic mass is 9.88. The Labute approximate surface area is 165 Å². The van der Waals surface area contributed by atoms with Crippen molar-refractivity contribution in [3.63, 3.8) is 0 Å². The maximum absolute atomic E-state index is 12.8. The van der Waals surface area contributed by atoms with Gasteiger partial charge in [-0.25, -0.2) is 9.59 Å². The van der Waals surface area contributed by atoms with Gasteiger partial charge in [-0.1, -0.05) is 25.1 Å². The van der Waals surface area contributed by atoms with E-state index in [9.17, 15) is 14.4 Å². The van der Waals surface area contributed by atoms with E-state index in [1.807, 2.05) is 0 Å². The first-order valence-electron chi connectivity index (χ1n) is 9.05. The Morgan fingerprint density at radius 3 is 2.86 bits per heavy atom. The average molecular weight is 397 g/mol. The lowest BCUT2D eigenvalue weighted by molar-refractivity contribution is 0.0601. The number of thiophene rings is 1. The van der Waals surface area contributed by atoms with Crippen molar-refractivity contribution >= 4 is 39.0 Å². The molecule has 0 aliphatic heterocycles. The van der Waals surface area contributed by atoms with Gasteiger partial charge in [0.05, 0.1) is 18.1 Å². The second kappa shape index (κ2) is 7.24. The molecule has 144 valence electrons. The second-order valence-electron chi connectivity index (χ2n) is 6.99. The molecule has 7 heteroatoms. The number of benzene rings is 1. The molecule has 4 rings (SSSR count). The number of ether oxygens (including phenoxy) is 1. The van der Waals surface area contributed by atoms with Crippen LogP contribution in [0.4, 0.5) is 5.00 Å². The fourth-order valence-electron chi connectivity index (χ4n) is 3.57. The fourth-order valence-corrected chi connectivity index (χ4v) is 4.96. The smallest absolute Gasteiger partial charge is 0.344 e. The third-order valence-electron chi connectivity index (χ3n) is 5.02. The van der Waals surface area contributed by atoms with E-state index in [1.165, 1.54) is 24.5 Å². The number of hydrogen-bond donors (Lipinski definition) is 1. The highest BCUT2D eigenvalue weighted by Gasteiger charge is 2.29. The van der Waals surface area contributed by atoms with E-state index in [-0.39, 0.29) is 5.76 Å². The van der Waals surface area contributed by atoms with Gasteiger partial charge in [-0.05, 0) is 48.3 Å². The molecule has 2 heterocycles. The topological polar surface area (TPSA) is 85.6 Å². The van der Waals surface area contributed by atoms with Crippen molar-refractivity contribution in [2.75, 3.05) is 12.4 Å². The van der Waals surface area contributed by atoms with Crippen LogP contribution in [0.2, 0.25) is 0 Å². The molecule has 3 aromatic rings. The van der Waals surface area contributed by atoms with Crippen LogP contribution in [0.1, 0.15) is 44.7 Å². The zero-order valence-corrected chi connectivity index (χ0v) is 16.4. The lowest BCUT2D eigenvalue weighted by Crippen LogP contribution is -2.17. The van der Waals surface area contributed by atoms with E-state index in [4.69, 9.17) is 9.15 Å². The van der Waals surface area contributed by atoms with Crippen molar-refractivity contribution in [2.24, 2.45) is 5.92 Å². The number of fused-ring (bicyclic) bond motifs is 2. The second-order valence-corrected chi connectivity index (χ2v) is 8.09. The van der Waals surface area contributed by atoms with Gasteiger partial charge in [-0.2, -0.15) is 0 Å². The molecule has 28 heavy (non-hydrogen) atoms. The Bertz CT molecular complexity index is 1140. The van der Waals surface area contributed by atoms with Gasteiger partial charge in [0, 0.05) is 4.88 Å². The van der Waals surface area contributed by atoms with E-state index in [1.54, 1.807) is 24.3 Å². The molecule has 1 atom stereocenters. The number of hydrogen-bond acceptors (Lipinski definition) is 6. The predicted octanol–water partition coefficient (Wildman–Crippen LogP) is 4.02. The van der Waals surface area contributed by atoms with E-state index >= 15 is 0 Å². The standard InChI is InChI=1S/C21H19NO5S/c1-11-7-8-14-16(9-11)28-19(17(14)21(25)26-2)22-18(23)15-10-12-5-3-4-6-13(12)20(24)27-15/h3-6,10-11H,7-9H2,1-2H3,(H,22,23)/t11-/m0/s1. The molecule has 1 N–H and O–H groups in total. The summed E-state index contributed by atoms with van der Waals surface area (Å²) in [7, 11) is 1.33. The molecule has 0 saturated carbocycles. The Hall–Kier alpha value is -2.93. The quantitative estimate of drug-likeness (QED) is 0.675. The van der Waals surface area contributed by atoms with Gasteiger partial charge in [0.15, 0.2) is 5.76 Å². The molecule has 1 aromatic carbocycles. The first-order chi connectivity index (χ1) is 13.5. The van der Waals surface area contributed by atoms with Crippen LogP contribution in [-0.2, 0) is 17.6 Å². The van der Waals surface area contributed by atoms with Crippen LogP contribution in [-0.4, -0.2) is 19.0 Å². The molecular formula is C21H19NO5S. The number of esters is 1. The van der Waals surface area contributed by atoms with Gasteiger partial charge < -0.3 is 14.5 Å².